The van der Waals surface area contributed by atoms with E-state index in [-0.39, 0.29) is 11.5 Å². The van der Waals surface area contributed by atoms with E-state index >= 15 is 0 Å². The molecule has 1 aromatic heterocycles. The number of anilines is 1. The average Bonchev–Trinajstić information content (AvgIpc) is 3.16. The second-order valence-electron chi connectivity index (χ2n) is 6.29. The number of aromatic nitrogens is 1. The molecule has 0 bridgehead atoms. The normalized spacial score (nSPS) is 14.3. The summed E-state index contributed by atoms with van der Waals surface area (Å²) < 4.78 is 0. The van der Waals surface area contributed by atoms with Crippen LogP contribution in [-0.4, -0.2) is 22.0 Å². The molecule has 0 unspecified atom stereocenters. The number of benzene rings is 2. The van der Waals surface area contributed by atoms with E-state index in [9.17, 15) is 14.7 Å². The fourth-order valence-corrected chi connectivity index (χ4v) is 3.41. The number of carbonyl (C=O) groups is 2. The van der Waals surface area contributed by atoms with E-state index in [1.807, 2.05) is 30.3 Å². The summed E-state index contributed by atoms with van der Waals surface area (Å²) in [6, 6.07) is 13.1. The number of carboxylic acid groups (broad SMARTS) is 1. The maximum absolute atomic E-state index is 12.6. The number of hydrogen-bond donors (Lipinski definition) is 3. The molecule has 0 aliphatic carbocycles. The molecule has 2 aromatic carbocycles. The fraction of sp³-hybridized carbons (Fsp3) is 0.0476. The van der Waals surface area contributed by atoms with Crippen LogP contribution in [0.25, 0.3) is 22.8 Å². The third-order valence-electron chi connectivity index (χ3n) is 4.68. The van der Waals surface area contributed by atoms with Gasteiger partial charge in [-0.2, -0.15) is 0 Å². The molecule has 0 radical (unpaired) electrons. The van der Waals surface area contributed by atoms with Crippen molar-refractivity contribution in [3.63, 3.8) is 0 Å². The number of fused-ring (bicyclic) bond motifs is 1. The molecule has 1 aliphatic rings. The molecule has 0 saturated heterocycles. The van der Waals surface area contributed by atoms with Crippen molar-refractivity contribution in [2.75, 3.05) is 5.32 Å². The summed E-state index contributed by atoms with van der Waals surface area (Å²) in [7, 11) is 0. The summed E-state index contributed by atoms with van der Waals surface area (Å²) in [5.74, 6) is -1.23. The Hall–Kier alpha value is -3.31. The Labute approximate surface area is 160 Å². The van der Waals surface area contributed by atoms with Crippen LogP contribution in [0.2, 0.25) is 5.02 Å². The molecular formula is C21H15ClN2O3. The second-order valence-corrected chi connectivity index (χ2v) is 6.73. The van der Waals surface area contributed by atoms with Crippen LogP contribution < -0.4 is 5.32 Å². The Balaban J connectivity index is 1.88. The highest BCUT2D eigenvalue weighted by atomic mass is 35.5. The van der Waals surface area contributed by atoms with Crippen molar-refractivity contribution in [2.24, 2.45) is 0 Å². The van der Waals surface area contributed by atoms with Crippen LogP contribution in [0.3, 0.4) is 0 Å². The minimum Gasteiger partial charge on any atom is -0.478 e. The second kappa shape index (κ2) is 6.45. The first-order chi connectivity index (χ1) is 13.0. The third-order valence-corrected chi connectivity index (χ3v) is 4.93. The average molecular weight is 379 g/mol. The molecule has 0 atom stereocenters. The standard InChI is InChI=1S/C21H15ClN2O3/c1-11-16(21(26)27)10-23-18(11)9-15-19-14(12-5-7-13(22)8-6-12)3-2-4-17(19)24-20(15)25/h2-10,23H,1H3,(H,24,25)(H,26,27)/b15-9-. The molecule has 4 rings (SSSR count). The van der Waals surface area contributed by atoms with Crippen molar-refractivity contribution in [1.29, 1.82) is 0 Å². The van der Waals surface area contributed by atoms with Crippen LogP contribution in [0.15, 0.2) is 48.7 Å². The first-order valence-electron chi connectivity index (χ1n) is 8.29. The Morgan fingerprint density at radius 1 is 1.15 bits per heavy atom. The van der Waals surface area contributed by atoms with Gasteiger partial charge in [-0.25, -0.2) is 4.79 Å². The summed E-state index contributed by atoms with van der Waals surface area (Å²) in [6.07, 6.45) is 3.13. The summed E-state index contributed by atoms with van der Waals surface area (Å²) in [5, 5.41) is 12.7. The van der Waals surface area contributed by atoms with Crippen LogP contribution in [-0.2, 0) is 4.79 Å². The van der Waals surface area contributed by atoms with Gasteiger partial charge < -0.3 is 15.4 Å². The molecule has 1 aliphatic heterocycles. The number of carbonyl (C=O) groups excluding carboxylic acids is 1. The van der Waals surface area contributed by atoms with Crippen molar-refractivity contribution >= 4 is 40.8 Å². The molecule has 134 valence electrons. The lowest BCUT2D eigenvalue weighted by Gasteiger charge is -2.09. The molecule has 0 spiro atoms. The SMILES string of the molecule is Cc1c(C(=O)O)c[nH]c1/C=C1\C(=O)Nc2cccc(-c3ccc(Cl)cc3)c21. The molecular weight excluding hydrogens is 364 g/mol. The lowest BCUT2D eigenvalue weighted by atomic mass is 9.94. The van der Waals surface area contributed by atoms with Crippen LogP contribution in [0, 0.1) is 6.92 Å². The summed E-state index contributed by atoms with van der Waals surface area (Å²) in [4.78, 5) is 26.8. The molecule has 1 amide bonds. The van der Waals surface area contributed by atoms with Gasteiger partial charge in [-0.05, 0) is 47.9 Å². The van der Waals surface area contributed by atoms with Crippen molar-refractivity contribution < 1.29 is 14.7 Å². The Morgan fingerprint density at radius 3 is 2.56 bits per heavy atom. The molecule has 0 fully saturated rings. The molecule has 2 heterocycles. The Kier molecular flexibility index (Phi) is 4.09. The van der Waals surface area contributed by atoms with Gasteiger partial charge in [-0.1, -0.05) is 35.9 Å². The zero-order valence-electron chi connectivity index (χ0n) is 14.3. The van der Waals surface area contributed by atoms with Gasteiger partial charge in [0.15, 0.2) is 0 Å². The van der Waals surface area contributed by atoms with Crippen molar-refractivity contribution in [1.82, 2.24) is 4.98 Å². The van der Waals surface area contributed by atoms with E-state index < -0.39 is 5.97 Å². The van der Waals surface area contributed by atoms with Crippen LogP contribution in [0.4, 0.5) is 5.69 Å². The number of carboxylic acids is 1. The zero-order valence-corrected chi connectivity index (χ0v) is 15.1. The van der Waals surface area contributed by atoms with Gasteiger partial charge in [0, 0.05) is 28.2 Å². The Morgan fingerprint density at radius 2 is 1.89 bits per heavy atom. The minimum absolute atomic E-state index is 0.187. The van der Waals surface area contributed by atoms with E-state index in [1.165, 1.54) is 6.20 Å². The maximum atomic E-state index is 12.6. The molecule has 5 nitrogen and oxygen atoms in total. The highest BCUT2D eigenvalue weighted by Gasteiger charge is 2.28. The number of nitrogens with one attached hydrogen (secondary N) is 2. The molecule has 3 N–H and O–H groups in total. The van der Waals surface area contributed by atoms with Crippen LogP contribution in [0.1, 0.15) is 27.2 Å². The van der Waals surface area contributed by atoms with E-state index in [2.05, 4.69) is 10.3 Å². The molecule has 0 saturated carbocycles. The fourth-order valence-electron chi connectivity index (χ4n) is 3.29. The van der Waals surface area contributed by atoms with Gasteiger partial charge in [0.25, 0.3) is 5.91 Å². The maximum Gasteiger partial charge on any atom is 0.337 e. The predicted molar refractivity (Wildman–Crippen MR) is 106 cm³/mol. The quantitative estimate of drug-likeness (QED) is 0.570. The van der Waals surface area contributed by atoms with Crippen molar-refractivity contribution in [3.8, 4) is 11.1 Å². The number of H-pyrrole nitrogens is 1. The van der Waals surface area contributed by atoms with E-state index in [1.54, 1.807) is 25.1 Å². The first kappa shape index (κ1) is 17.1. The van der Waals surface area contributed by atoms with Gasteiger partial charge in [0.05, 0.1) is 11.1 Å². The number of rotatable bonds is 3. The van der Waals surface area contributed by atoms with Crippen LogP contribution in [0.5, 0.6) is 0 Å². The smallest absolute Gasteiger partial charge is 0.337 e. The molecule has 27 heavy (non-hydrogen) atoms. The molecule has 6 heteroatoms. The van der Waals surface area contributed by atoms with Gasteiger partial charge in [0.1, 0.15) is 0 Å². The number of hydrogen-bond acceptors (Lipinski definition) is 2. The monoisotopic (exact) mass is 378 g/mol. The van der Waals surface area contributed by atoms with Gasteiger partial charge in [0.2, 0.25) is 0 Å². The van der Waals surface area contributed by atoms with Gasteiger partial charge in [-0.3, -0.25) is 4.79 Å². The Bertz CT molecular complexity index is 1110. The number of aromatic carboxylic acids is 1. The number of amides is 1. The topological polar surface area (TPSA) is 82.2 Å². The van der Waals surface area contributed by atoms with Crippen molar-refractivity contribution in [2.45, 2.75) is 6.92 Å². The first-order valence-corrected chi connectivity index (χ1v) is 8.67. The van der Waals surface area contributed by atoms with Crippen molar-refractivity contribution in [3.05, 3.63) is 76.1 Å². The molecule has 3 aromatic rings. The van der Waals surface area contributed by atoms with E-state index in [0.717, 1.165) is 22.4 Å². The minimum atomic E-state index is -1.01. The lowest BCUT2D eigenvalue weighted by molar-refractivity contribution is -0.110. The summed E-state index contributed by atoms with van der Waals surface area (Å²) in [5.41, 5.74) is 5.20. The largest absolute Gasteiger partial charge is 0.478 e. The number of halogens is 1. The highest BCUT2D eigenvalue weighted by Crippen LogP contribution is 2.40. The summed E-state index contributed by atoms with van der Waals surface area (Å²) in [6.45, 7) is 1.71. The lowest BCUT2D eigenvalue weighted by Crippen LogP contribution is -2.03. The predicted octanol–water partition coefficient (Wildman–Crippen LogP) is 4.83. The van der Waals surface area contributed by atoms with Crippen LogP contribution >= 0.6 is 11.6 Å². The number of aromatic amines is 1. The van der Waals surface area contributed by atoms with E-state index in [4.69, 9.17) is 11.6 Å². The van der Waals surface area contributed by atoms with Gasteiger partial charge >= 0.3 is 5.97 Å². The van der Waals surface area contributed by atoms with Gasteiger partial charge in [-0.15, -0.1) is 0 Å². The third kappa shape index (κ3) is 2.92. The zero-order chi connectivity index (χ0) is 19.1. The highest BCUT2D eigenvalue weighted by molar-refractivity contribution is 6.36. The summed E-state index contributed by atoms with van der Waals surface area (Å²) >= 11 is 5.99. The van der Waals surface area contributed by atoms with E-state index in [0.29, 0.717) is 21.9 Å².